The first-order valence-corrected chi connectivity index (χ1v) is 8.34. The number of aryl methyl sites for hydroxylation is 3. The molecule has 0 spiro atoms. The Balaban J connectivity index is 2.32. The molecule has 2 heterocycles. The van der Waals surface area contributed by atoms with Gasteiger partial charge in [0.15, 0.2) is 12.1 Å². The summed E-state index contributed by atoms with van der Waals surface area (Å²) in [4.78, 5) is 0. The van der Waals surface area contributed by atoms with Crippen molar-refractivity contribution in [3.8, 4) is 17.1 Å². The SMILES string of the molecule is Cc1ccc(-c2c(C)cc(F)n2-c2ccccc2C(C)C)[n+](C)c1. The molecule has 0 bridgehead atoms. The average Bonchev–Trinajstić information content (AvgIpc) is 2.81. The van der Waals surface area contributed by atoms with Crippen LogP contribution in [0.15, 0.2) is 48.7 Å². The van der Waals surface area contributed by atoms with E-state index >= 15 is 0 Å². The van der Waals surface area contributed by atoms with Crippen LogP contribution in [0, 0.1) is 19.8 Å². The van der Waals surface area contributed by atoms with Gasteiger partial charge in [-0.2, -0.15) is 8.96 Å². The summed E-state index contributed by atoms with van der Waals surface area (Å²) >= 11 is 0. The third-order valence-corrected chi connectivity index (χ3v) is 4.47. The van der Waals surface area contributed by atoms with Crippen LogP contribution in [0.5, 0.6) is 0 Å². The molecule has 3 aromatic rings. The monoisotopic (exact) mass is 323 g/mol. The molecule has 0 saturated heterocycles. The zero-order valence-corrected chi connectivity index (χ0v) is 15.0. The molecule has 0 radical (unpaired) electrons. The molecular weight excluding hydrogens is 299 g/mol. The molecule has 124 valence electrons. The largest absolute Gasteiger partial charge is 0.280 e. The minimum atomic E-state index is -0.226. The fourth-order valence-corrected chi connectivity index (χ4v) is 3.32. The van der Waals surface area contributed by atoms with Gasteiger partial charge in [0, 0.05) is 11.6 Å². The highest BCUT2D eigenvalue weighted by atomic mass is 19.1. The molecule has 2 nitrogen and oxygen atoms in total. The molecule has 0 saturated carbocycles. The topological polar surface area (TPSA) is 8.81 Å². The van der Waals surface area contributed by atoms with Gasteiger partial charge in [-0.1, -0.05) is 32.0 Å². The van der Waals surface area contributed by atoms with Crippen LogP contribution in [-0.4, -0.2) is 4.57 Å². The van der Waals surface area contributed by atoms with E-state index in [-0.39, 0.29) is 5.95 Å². The summed E-state index contributed by atoms with van der Waals surface area (Å²) in [5.41, 5.74) is 6.07. The Bertz CT molecular complexity index is 891. The van der Waals surface area contributed by atoms with Gasteiger partial charge in [-0.15, -0.1) is 0 Å². The Morgan fingerprint density at radius 1 is 1.04 bits per heavy atom. The molecule has 0 aliphatic carbocycles. The highest BCUT2D eigenvalue weighted by Crippen LogP contribution is 2.31. The zero-order valence-electron chi connectivity index (χ0n) is 15.0. The Morgan fingerprint density at radius 2 is 1.75 bits per heavy atom. The second-order valence-corrected chi connectivity index (χ2v) is 6.75. The van der Waals surface area contributed by atoms with Crippen molar-refractivity contribution < 1.29 is 8.96 Å². The third kappa shape index (κ3) is 2.75. The minimum Gasteiger partial charge on any atom is -0.280 e. The summed E-state index contributed by atoms with van der Waals surface area (Å²) < 4.78 is 18.7. The van der Waals surface area contributed by atoms with Crippen molar-refractivity contribution in [1.29, 1.82) is 0 Å². The van der Waals surface area contributed by atoms with E-state index in [1.165, 1.54) is 5.56 Å². The Morgan fingerprint density at radius 3 is 2.42 bits per heavy atom. The van der Waals surface area contributed by atoms with Crippen molar-refractivity contribution in [2.45, 2.75) is 33.6 Å². The maximum atomic E-state index is 14.9. The smallest absolute Gasteiger partial charge is 0.229 e. The fraction of sp³-hybridized carbons (Fsp3) is 0.286. The van der Waals surface area contributed by atoms with Gasteiger partial charge in [0.25, 0.3) is 0 Å². The molecule has 0 aliphatic heterocycles. The molecule has 3 rings (SSSR count). The van der Waals surface area contributed by atoms with Gasteiger partial charge in [-0.25, -0.2) is 0 Å². The van der Waals surface area contributed by atoms with E-state index in [4.69, 9.17) is 0 Å². The highest BCUT2D eigenvalue weighted by Gasteiger charge is 2.23. The summed E-state index contributed by atoms with van der Waals surface area (Å²) in [6.07, 6.45) is 2.07. The summed E-state index contributed by atoms with van der Waals surface area (Å²) in [5, 5.41) is 0. The Kier molecular flexibility index (Phi) is 4.27. The molecule has 24 heavy (non-hydrogen) atoms. The number of para-hydroxylation sites is 1. The molecule has 2 aromatic heterocycles. The predicted molar refractivity (Wildman–Crippen MR) is 95.9 cm³/mol. The van der Waals surface area contributed by atoms with E-state index in [0.717, 1.165) is 28.2 Å². The normalized spacial score (nSPS) is 11.3. The molecule has 1 aromatic carbocycles. The zero-order chi connectivity index (χ0) is 17.4. The molecule has 0 N–H and O–H groups in total. The lowest BCUT2D eigenvalue weighted by molar-refractivity contribution is -0.661. The lowest BCUT2D eigenvalue weighted by Crippen LogP contribution is -2.31. The van der Waals surface area contributed by atoms with Gasteiger partial charge in [0.05, 0.1) is 5.69 Å². The van der Waals surface area contributed by atoms with E-state index in [9.17, 15) is 4.39 Å². The summed E-state index contributed by atoms with van der Waals surface area (Å²) in [6, 6.07) is 13.8. The van der Waals surface area contributed by atoms with Gasteiger partial charge < -0.3 is 0 Å². The van der Waals surface area contributed by atoms with E-state index in [1.807, 2.05) is 32.2 Å². The molecule has 0 atom stereocenters. The Labute approximate surface area is 143 Å². The van der Waals surface area contributed by atoms with Crippen LogP contribution >= 0.6 is 0 Å². The van der Waals surface area contributed by atoms with Crippen LogP contribution in [0.25, 0.3) is 17.1 Å². The van der Waals surface area contributed by atoms with Crippen molar-refractivity contribution in [3.63, 3.8) is 0 Å². The number of benzene rings is 1. The lowest BCUT2D eigenvalue weighted by atomic mass is 10.0. The first-order chi connectivity index (χ1) is 11.4. The van der Waals surface area contributed by atoms with E-state index in [1.54, 1.807) is 10.6 Å². The first kappa shape index (κ1) is 16.4. The summed E-state index contributed by atoms with van der Waals surface area (Å²) in [7, 11) is 2.01. The van der Waals surface area contributed by atoms with Crippen LogP contribution in [0.3, 0.4) is 0 Å². The van der Waals surface area contributed by atoms with Crippen LogP contribution in [0.4, 0.5) is 4.39 Å². The van der Waals surface area contributed by atoms with Gasteiger partial charge in [0.1, 0.15) is 12.7 Å². The standard InChI is InChI=1S/C21H24FN2/c1-14(2)17-8-6-7-9-18(17)24-20(22)12-16(4)21(24)19-11-10-15(3)13-23(19)5/h6-14H,1-5H3/q+1. The summed E-state index contributed by atoms with van der Waals surface area (Å²) in [6.45, 7) is 8.30. The predicted octanol–water partition coefficient (Wildman–Crippen LogP) is 4.85. The second-order valence-electron chi connectivity index (χ2n) is 6.75. The number of hydrogen-bond acceptors (Lipinski definition) is 0. The van der Waals surface area contributed by atoms with E-state index in [0.29, 0.717) is 5.92 Å². The van der Waals surface area contributed by atoms with Gasteiger partial charge in [-0.3, -0.25) is 4.57 Å². The number of rotatable bonds is 3. The van der Waals surface area contributed by atoms with Crippen molar-refractivity contribution >= 4 is 0 Å². The van der Waals surface area contributed by atoms with Gasteiger partial charge in [0.2, 0.25) is 5.69 Å². The molecule has 3 heteroatoms. The van der Waals surface area contributed by atoms with Gasteiger partial charge >= 0.3 is 0 Å². The van der Waals surface area contributed by atoms with Crippen molar-refractivity contribution in [2.24, 2.45) is 7.05 Å². The number of pyridine rings is 1. The van der Waals surface area contributed by atoms with Gasteiger partial charge in [-0.05, 0) is 49.1 Å². The third-order valence-electron chi connectivity index (χ3n) is 4.47. The molecule has 0 aliphatic rings. The molecule has 0 amide bonds. The second kappa shape index (κ2) is 6.23. The van der Waals surface area contributed by atoms with Crippen molar-refractivity contribution in [1.82, 2.24) is 4.57 Å². The number of nitrogens with zero attached hydrogens (tertiary/aromatic N) is 2. The van der Waals surface area contributed by atoms with E-state index < -0.39 is 0 Å². The summed E-state index contributed by atoms with van der Waals surface area (Å²) in [5.74, 6) is 0.0964. The average molecular weight is 323 g/mol. The maximum Gasteiger partial charge on any atom is 0.229 e. The maximum absolute atomic E-state index is 14.9. The number of aromatic nitrogens is 2. The molecular formula is C21H24FN2+. The van der Waals surface area contributed by atoms with Crippen molar-refractivity contribution in [2.75, 3.05) is 0 Å². The molecule has 0 fully saturated rings. The van der Waals surface area contributed by atoms with Crippen LogP contribution in [-0.2, 0) is 7.05 Å². The van der Waals surface area contributed by atoms with E-state index in [2.05, 4.69) is 49.7 Å². The van der Waals surface area contributed by atoms with Crippen LogP contribution in [0.1, 0.15) is 36.5 Å². The van der Waals surface area contributed by atoms with Crippen molar-refractivity contribution in [3.05, 3.63) is 71.3 Å². The number of halogens is 1. The minimum absolute atomic E-state index is 0.226. The number of hydrogen-bond donors (Lipinski definition) is 0. The fourth-order valence-electron chi connectivity index (χ4n) is 3.32. The first-order valence-electron chi connectivity index (χ1n) is 8.34. The quantitative estimate of drug-likeness (QED) is 0.609. The van der Waals surface area contributed by atoms with Crippen LogP contribution < -0.4 is 4.57 Å². The van der Waals surface area contributed by atoms with Crippen LogP contribution in [0.2, 0.25) is 0 Å². The lowest BCUT2D eigenvalue weighted by Gasteiger charge is -2.16. The Hall–Kier alpha value is -2.42. The molecule has 0 unspecified atom stereocenters. The highest BCUT2D eigenvalue weighted by molar-refractivity contribution is 5.63.